The molecule has 0 spiro atoms. The SMILES string of the molecule is Cc1ccc(N2CCCCC2c2ccc(Cl)cc2Cl)cc1. The van der Waals surface area contributed by atoms with Crippen molar-refractivity contribution in [3.05, 3.63) is 63.6 Å². The van der Waals surface area contributed by atoms with E-state index in [2.05, 4.69) is 42.2 Å². The summed E-state index contributed by atoms with van der Waals surface area (Å²) >= 11 is 12.5. The zero-order chi connectivity index (χ0) is 14.8. The molecule has 2 aromatic carbocycles. The highest BCUT2D eigenvalue weighted by Crippen LogP contribution is 2.38. The van der Waals surface area contributed by atoms with Gasteiger partial charge in [-0.3, -0.25) is 0 Å². The number of nitrogens with zero attached hydrogens (tertiary/aromatic N) is 1. The first-order valence-electron chi connectivity index (χ1n) is 7.43. The first kappa shape index (κ1) is 14.7. The summed E-state index contributed by atoms with van der Waals surface area (Å²) in [6, 6.07) is 14.9. The molecule has 0 aromatic heterocycles. The molecule has 0 bridgehead atoms. The molecule has 0 radical (unpaired) electrons. The van der Waals surface area contributed by atoms with E-state index in [1.807, 2.05) is 12.1 Å². The molecule has 0 amide bonds. The van der Waals surface area contributed by atoms with Crippen molar-refractivity contribution < 1.29 is 0 Å². The lowest BCUT2D eigenvalue weighted by molar-refractivity contribution is 0.473. The van der Waals surface area contributed by atoms with Gasteiger partial charge in [-0.05, 0) is 56.0 Å². The highest BCUT2D eigenvalue weighted by Gasteiger charge is 2.25. The average Bonchev–Trinajstić information content (AvgIpc) is 2.48. The summed E-state index contributed by atoms with van der Waals surface area (Å²) in [5.74, 6) is 0. The predicted octanol–water partition coefficient (Wildman–Crippen LogP) is 6.03. The number of anilines is 1. The Kier molecular flexibility index (Phi) is 4.42. The number of halogens is 2. The Morgan fingerprint density at radius 3 is 2.48 bits per heavy atom. The van der Waals surface area contributed by atoms with Gasteiger partial charge in [0.2, 0.25) is 0 Å². The minimum absolute atomic E-state index is 0.339. The minimum Gasteiger partial charge on any atom is -0.364 e. The zero-order valence-corrected chi connectivity index (χ0v) is 13.7. The smallest absolute Gasteiger partial charge is 0.0557 e. The number of piperidine rings is 1. The monoisotopic (exact) mass is 319 g/mol. The second-order valence-corrected chi connectivity index (χ2v) is 6.55. The van der Waals surface area contributed by atoms with Crippen LogP contribution in [0.25, 0.3) is 0 Å². The normalized spacial score (nSPS) is 18.8. The molecule has 0 N–H and O–H groups in total. The molecule has 1 heterocycles. The second-order valence-electron chi connectivity index (χ2n) is 5.71. The van der Waals surface area contributed by atoms with Crippen LogP contribution in [-0.2, 0) is 0 Å². The van der Waals surface area contributed by atoms with Gasteiger partial charge in [0, 0.05) is 22.3 Å². The molecule has 110 valence electrons. The Hall–Kier alpha value is -1.18. The molecular formula is C18H19Cl2N. The topological polar surface area (TPSA) is 3.24 Å². The molecule has 1 atom stereocenters. The lowest BCUT2D eigenvalue weighted by Gasteiger charge is -2.38. The molecule has 1 fully saturated rings. The van der Waals surface area contributed by atoms with Gasteiger partial charge in [-0.2, -0.15) is 0 Å². The summed E-state index contributed by atoms with van der Waals surface area (Å²) in [4.78, 5) is 2.47. The summed E-state index contributed by atoms with van der Waals surface area (Å²) in [6.45, 7) is 3.19. The van der Waals surface area contributed by atoms with Crippen LogP contribution in [0.4, 0.5) is 5.69 Å². The van der Waals surface area contributed by atoms with Crippen LogP contribution in [0.15, 0.2) is 42.5 Å². The molecular weight excluding hydrogens is 301 g/mol. The molecule has 2 aromatic rings. The van der Waals surface area contributed by atoms with Gasteiger partial charge in [0.05, 0.1) is 6.04 Å². The Morgan fingerprint density at radius 2 is 1.76 bits per heavy atom. The quantitative estimate of drug-likeness (QED) is 0.652. The third-order valence-corrected chi connectivity index (χ3v) is 4.75. The number of aryl methyl sites for hydroxylation is 1. The number of rotatable bonds is 2. The molecule has 0 aliphatic carbocycles. The van der Waals surface area contributed by atoms with Gasteiger partial charge in [-0.1, -0.05) is 47.0 Å². The number of benzene rings is 2. The van der Waals surface area contributed by atoms with Crippen molar-refractivity contribution in [3.8, 4) is 0 Å². The molecule has 1 unspecified atom stereocenters. The van der Waals surface area contributed by atoms with Crippen LogP contribution in [0.3, 0.4) is 0 Å². The molecule has 1 saturated heterocycles. The average molecular weight is 320 g/mol. The maximum atomic E-state index is 6.43. The fourth-order valence-corrected chi connectivity index (χ4v) is 3.61. The second kappa shape index (κ2) is 6.29. The molecule has 1 nitrogen and oxygen atoms in total. The van der Waals surface area contributed by atoms with Crippen LogP contribution >= 0.6 is 23.2 Å². The maximum absolute atomic E-state index is 6.43. The standard InChI is InChI=1S/C18H19Cl2N/c1-13-5-8-15(9-6-13)21-11-3-2-4-18(21)16-10-7-14(19)12-17(16)20/h5-10,12,18H,2-4,11H2,1H3. The first-order chi connectivity index (χ1) is 10.1. The zero-order valence-electron chi connectivity index (χ0n) is 12.2. The van der Waals surface area contributed by atoms with E-state index in [0.717, 1.165) is 18.0 Å². The van der Waals surface area contributed by atoms with Crippen molar-refractivity contribution in [1.29, 1.82) is 0 Å². The summed E-state index contributed by atoms with van der Waals surface area (Å²) in [6.07, 6.45) is 3.61. The molecule has 3 rings (SSSR count). The van der Waals surface area contributed by atoms with E-state index in [4.69, 9.17) is 23.2 Å². The minimum atomic E-state index is 0.339. The van der Waals surface area contributed by atoms with Gasteiger partial charge < -0.3 is 4.90 Å². The van der Waals surface area contributed by atoms with Crippen molar-refractivity contribution in [3.63, 3.8) is 0 Å². The van der Waals surface area contributed by atoms with Crippen molar-refractivity contribution in [1.82, 2.24) is 0 Å². The van der Waals surface area contributed by atoms with Gasteiger partial charge in [-0.25, -0.2) is 0 Å². The predicted molar refractivity (Wildman–Crippen MR) is 91.6 cm³/mol. The highest BCUT2D eigenvalue weighted by molar-refractivity contribution is 6.35. The summed E-state index contributed by atoms with van der Waals surface area (Å²) in [5, 5.41) is 1.47. The number of hydrogen-bond acceptors (Lipinski definition) is 1. The van der Waals surface area contributed by atoms with Crippen LogP contribution in [0.2, 0.25) is 10.0 Å². The van der Waals surface area contributed by atoms with Crippen LogP contribution in [0.5, 0.6) is 0 Å². The van der Waals surface area contributed by atoms with E-state index >= 15 is 0 Å². The van der Waals surface area contributed by atoms with Crippen LogP contribution < -0.4 is 4.90 Å². The Morgan fingerprint density at radius 1 is 1.00 bits per heavy atom. The third kappa shape index (κ3) is 3.20. The molecule has 1 aliphatic rings. The highest BCUT2D eigenvalue weighted by atomic mass is 35.5. The maximum Gasteiger partial charge on any atom is 0.0557 e. The number of hydrogen-bond donors (Lipinski definition) is 0. The Balaban J connectivity index is 1.96. The van der Waals surface area contributed by atoms with E-state index in [9.17, 15) is 0 Å². The van der Waals surface area contributed by atoms with Gasteiger partial charge in [-0.15, -0.1) is 0 Å². The van der Waals surface area contributed by atoms with Crippen molar-refractivity contribution >= 4 is 28.9 Å². The van der Waals surface area contributed by atoms with Crippen LogP contribution in [-0.4, -0.2) is 6.54 Å². The van der Waals surface area contributed by atoms with Crippen molar-refractivity contribution in [2.75, 3.05) is 11.4 Å². The van der Waals surface area contributed by atoms with E-state index in [-0.39, 0.29) is 0 Å². The lowest BCUT2D eigenvalue weighted by Crippen LogP contribution is -2.33. The summed E-state index contributed by atoms with van der Waals surface area (Å²) in [7, 11) is 0. The molecule has 21 heavy (non-hydrogen) atoms. The van der Waals surface area contributed by atoms with E-state index in [0.29, 0.717) is 11.1 Å². The summed E-state index contributed by atoms with van der Waals surface area (Å²) in [5.41, 5.74) is 3.74. The Labute approximate surface area is 136 Å². The lowest BCUT2D eigenvalue weighted by atomic mass is 9.94. The van der Waals surface area contributed by atoms with Gasteiger partial charge in [0.25, 0.3) is 0 Å². The molecule has 1 aliphatic heterocycles. The van der Waals surface area contributed by atoms with Gasteiger partial charge >= 0.3 is 0 Å². The fraction of sp³-hybridized carbons (Fsp3) is 0.333. The fourth-order valence-electron chi connectivity index (χ4n) is 3.07. The third-order valence-electron chi connectivity index (χ3n) is 4.19. The Bertz CT molecular complexity index is 622. The van der Waals surface area contributed by atoms with E-state index in [1.54, 1.807) is 0 Å². The first-order valence-corrected chi connectivity index (χ1v) is 8.19. The van der Waals surface area contributed by atoms with Gasteiger partial charge in [0.1, 0.15) is 0 Å². The van der Waals surface area contributed by atoms with E-state index < -0.39 is 0 Å². The molecule has 3 heteroatoms. The van der Waals surface area contributed by atoms with Crippen molar-refractivity contribution in [2.24, 2.45) is 0 Å². The molecule has 0 saturated carbocycles. The van der Waals surface area contributed by atoms with Gasteiger partial charge in [0.15, 0.2) is 0 Å². The summed E-state index contributed by atoms with van der Waals surface area (Å²) < 4.78 is 0. The largest absolute Gasteiger partial charge is 0.364 e. The van der Waals surface area contributed by atoms with Crippen LogP contribution in [0, 0.1) is 6.92 Å². The van der Waals surface area contributed by atoms with Crippen molar-refractivity contribution in [2.45, 2.75) is 32.2 Å². The van der Waals surface area contributed by atoms with E-state index in [1.165, 1.54) is 29.7 Å². The van der Waals surface area contributed by atoms with Crippen LogP contribution in [0.1, 0.15) is 36.4 Å².